The van der Waals surface area contributed by atoms with Gasteiger partial charge in [-0.05, 0) is 83.3 Å². The van der Waals surface area contributed by atoms with Crippen LogP contribution in [-0.4, -0.2) is 25.3 Å². The first-order chi connectivity index (χ1) is 18.1. The quantitative estimate of drug-likeness (QED) is 0.302. The first kappa shape index (κ1) is 27.6. The Kier molecular flexibility index (Phi) is 8.36. The van der Waals surface area contributed by atoms with E-state index in [1.54, 1.807) is 42.5 Å². The maximum Gasteiger partial charge on any atom is 0.308 e. The number of aliphatic hydroxyl groups excluding tert-OH is 1. The van der Waals surface area contributed by atoms with Gasteiger partial charge in [0.2, 0.25) is 0 Å². The summed E-state index contributed by atoms with van der Waals surface area (Å²) in [6.45, 7) is 4.34. The van der Waals surface area contributed by atoms with Crippen molar-refractivity contribution in [1.82, 2.24) is 0 Å². The van der Waals surface area contributed by atoms with Crippen molar-refractivity contribution < 1.29 is 32.9 Å². The number of halogens is 2. The lowest BCUT2D eigenvalue weighted by Gasteiger charge is -2.30. The molecule has 5 nitrogen and oxygen atoms in total. The highest BCUT2D eigenvalue weighted by molar-refractivity contribution is 5.71. The summed E-state index contributed by atoms with van der Waals surface area (Å²) >= 11 is 0. The number of benzene rings is 3. The van der Waals surface area contributed by atoms with E-state index in [9.17, 15) is 9.90 Å². The topological polar surface area (TPSA) is 65.0 Å². The lowest BCUT2D eigenvalue weighted by Crippen LogP contribution is -2.17. The molecule has 1 N–H and O–H groups in total. The zero-order chi connectivity index (χ0) is 27.4. The summed E-state index contributed by atoms with van der Waals surface area (Å²) in [6.07, 6.45) is 1.77. The van der Waals surface area contributed by atoms with E-state index in [0.29, 0.717) is 33.8 Å². The molecule has 7 heteroatoms. The van der Waals surface area contributed by atoms with Crippen molar-refractivity contribution in [1.29, 1.82) is 0 Å². The maximum atomic E-state index is 15.5. The van der Waals surface area contributed by atoms with Crippen molar-refractivity contribution in [2.45, 2.75) is 58.2 Å². The smallest absolute Gasteiger partial charge is 0.308 e. The Balaban J connectivity index is 1.67. The standard InChI is InChI=1S/C31H34F2O5/c1-31(2)12-6-9-26(31)24-14-20(28(33)16-23(24)25-15-21(36-3)10-11-27(25)32)18-38-22-8-5-7-19(13-22)29(34)17-30(35)37-4/h5,7-8,10-11,13-16,26,29,34H,6,9,12,17-18H2,1-4H3/t26-,29+/m0/s1. The lowest BCUT2D eigenvalue weighted by atomic mass is 9.75. The third-order valence-corrected chi connectivity index (χ3v) is 7.54. The predicted octanol–water partition coefficient (Wildman–Crippen LogP) is 7.11. The summed E-state index contributed by atoms with van der Waals surface area (Å²) in [6, 6.07) is 14.4. The summed E-state index contributed by atoms with van der Waals surface area (Å²) in [5, 5.41) is 10.3. The van der Waals surface area contributed by atoms with E-state index in [2.05, 4.69) is 18.6 Å². The minimum absolute atomic E-state index is 0.0237. The number of esters is 1. The first-order valence-electron chi connectivity index (χ1n) is 12.8. The Hall–Kier alpha value is -3.45. The van der Waals surface area contributed by atoms with E-state index < -0.39 is 23.7 Å². The molecule has 0 spiro atoms. The number of rotatable bonds is 9. The summed E-state index contributed by atoms with van der Waals surface area (Å²) in [7, 11) is 2.78. The Labute approximate surface area is 222 Å². The SMILES string of the molecule is COC(=O)C[C@@H](O)c1cccc(OCc2cc([C@@H]3CCCC3(C)C)c(-c3cc(OC)ccc3F)cc2F)c1. The molecule has 1 saturated carbocycles. The van der Waals surface area contributed by atoms with Crippen LogP contribution in [0.5, 0.6) is 11.5 Å². The zero-order valence-corrected chi connectivity index (χ0v) is 22.2. The molecule has 1 aliphatic carbocycles. The minimum atomic E-state index is -1.05. The van der Waals surface area contributed by atoms with Gasteiger partial charge in [0, 0.05) is 11.1 Å². The molecular weight excluding hydrogens is 490 g/mol. The molecule has 38 heavy (non-hydrogen) atoms. The third kappa shape index (κ3) is 5.99. The first-order valence-corrected chi connectivity index (χ1v) is 12.8. The fraction of sp³-hybridized carbons (Fsp3) is 0.387. The van der Waals surface area contributed by atoms with Crippen molar-refractivity contribution in [2.75, 3.05) is 14.2 Å². The van der Waals surface area contributed by atoms with Crippen LogP contribution in [-0.2, 0) is 16.1 Å². The fourth-order valence-electron chi connectivity index (χ4n) is 5.34. The van der Waals surface area contributed by atoms with Gasteiger partial charge in [-0.25, -0.2) is 8.78 Å². The van der Waals surface area contributed by atoms with E-state index in [1.807, 2.05) is 0 Å². The summed E-state index contributed by atoms with van der Waals surface area (Å²) in [5.41, 5.74) is 2.54. The number of aliphatic hydroxyl groups is 1. The molecule has 0 unspecified atom stereocenters. The van der Waals surface area contributed by atoms with Crippen molar-refractivity contribution in [3.63, 3.8) is 0 Å². The zero-order valence-electron chi connectivity index (χ0n) is 22.2. The number of ether oxygens (including phenoxy) is 3. The molecule has 3 aromatic rings. The molecule has 1 aliphatic rings. The molecule has 1 fully saturated rings. The Morgan fingerprint density at radius 2 is 1.82 bits per heavy atom. The second-order valence-electron chi connectivity index (χ2n) is 10.5. The van der Waals surface area contributed by atoms with Crippen molar-refractivity contribution >= 4 is 5.97 Å². The highest BCUT2D eigenvalue weighted by Gasteiger charge is 2.37. The van der Waals surface area contributed by atoms with Gasteiger partial charge in [0.25, 0.3) is 0 Å². The van der Waals surface area contributed by atoms with Crippen LogP contribution in [0, 0.1) is 17.0 Å². The maximum absolute atomic E-state index is 15.5. The van der Waals surface area contributed by atoms with Crippen LogP contribution in [0.25, 0.3) is 11.1 Å². The average Bonchev–Trinajstić information content (AvgIpc) is 3.26. The van der Waals surface area contributed by atoms with E-state index in [-0.39, 0.29) is 24.4 Å². The number of hydrogen-bond donors (Lipinski definition) is 1. The van der Waals surface area contributed by atoms with Crippen molar-refractivity contribution in [2.24, 2.45) is 5.41 Å². The summed E-state index contributed by atoms with van der Waals surface area (Å²) < 4.78 is 46.3. The van der Waals surface area contributed by atoms with Gasteiger partial charge in [0.1, 0.15) is 29.7 Å². The van der Waals surface area contributed by atoms with Gasteiger partial charge in [-0.1, -0.05) is 32.4 Å². The summed E-state index contributed by atoms with van der Waals surface area (Å²) in [5.74, 6) is -0.408. The van der Waals surface area contributed by atoms with Gasteiger partial charge < -0.3 is 19.3 Å². The van der Waals surface area contributed by atoms with Gasteiger partial charge in [-0.15, -0.1) is 0 Å². The Morgan fingerprint density at radius 1 is 1.03 bits per heavy atom. The predicted molar refractivity (Wildman–Crippen MR) is 141 cm³/mol. The molecular formula is C31H34F2O5. The van der Waals surface area contributed by atoms with E-state index in [1.165, 1.54) is 26.4 Å². The van der Waals surface area contributed by atoms with Crippen LogP contribution < -0.4 is 9.47 Å². The van der Waals surface area contributed by atoms with Crippen LogP contribution in [0.2, 0.25) is 0 Å². The molecule has 0 bridgehead atoms. The number of methoxy groups -OCH3 is 2. The third-order valence-electron chi connectivity index (χ3n) is 7.54. The summed E-state index contributed by atoms with van der Waals surface area (Å²) in [4.78, 5) is 11.5. The highest BCUT2D eigenvalue weighted by atomic mass is 19.1. The highest BCUT2D eigenvalue weighted by Crippen LogP contribution is 2.51. The molecule has 0 aliphatic heterocycles. The Morgan fingerprint density at radius 3 is 2.50 bits per heavy atom. The lowest BCUT2D eigenvalue weighted by molar-refractivity contribution is -0.142. The molecule has 0 aromatic heterocycles. The van der Waals surface area contributed by atoms with Crippen molar-refractivity contribution in [3.05, 3.63) is 82.9 Å². The number of carbonyl (C=O) groups is 1. The molecule has 2 atom stereocenters. The molecule has 3 aromatic carbocycles. The van der Waals surface area contributed by atoms with Gasteiger partial charge in [0.05, 0.1) is 26.7 Å². The van der Waals surface area contributed by atoms with E-state index in [4.69, 9.17) is 9.47 Å². The molecule has 4 rings (SSSR count). The molecule has 0 amide bonds. The van der Waals surface area contributed by atoms with E-state index in [0.717, 1.165) is 24.8 Å². The van der Waals surface area contributed by atoms with Crippen LogP contribution >= 0.6 is 0 Å². The second-order valence-corrected chi connectivity index (χ2v) is 10.5. The minimum Gasteiger partial charge on any atom is -0.497 e. The van der Waals surface area contributed by atoms with Crippen LogP contribution in [0.3, 0.4) is 0 Å². The fourth-order valence-corrected chi connectivity index (χ4v) is 5.34. The molecule has 0 saturated heterocycles. The normalized spacial score (nSPS) is 17.2. The monoisotopic (exact) mass is 524 g/mol. The van der Waals surface area contributed by atoms with Gasteiger partial charge in [-0.3, -0.25) is 4.79 Å². The van der Waals surface area contributed by atoms with Crippen LogP contribution in [0.15, 0.2) is 54.6 Å². The van der Waals surface area contributed by atoms with Crippen LogP contribution in [0.4, 0.5) is 8.78 Å². The van der Waals surface area contributed by atoms with E-state index >= 15 is 8.78 Å². The molecule has 0 radical (unpaired) electrons. The van der Waals surface area contributed by atoms with Gasteiger partial charge in [0.15, 0.2) is 0 Å². The van der Waals surface area contributed by atoms with Gasteiger partial charge >= 0.3 is 5.97 Å². The second kappa shape index (κ2) is 11.5. The Bertz CT molecular complexity index is 1300. The number of carbonyl (C=O) groups excluding carboxylic acids is 1. The average molecular weight is 525 g/mol. The largest absolute Gasteiger partial charge is 0.497 e. The van der Waals surface area contributed by atoms with Crippen LogP contribution in [0.1, 0.15) is 68.2 Å². The number of hydrogen-bond acceptors (Lipinski definition) is 5. The molecule has 0 heterocycles. The van der Waals surface area contributed by atoms with Crippen molar-refractivity contribution in [3.8, 4) is 22.6 Å². The molecule has 202 valence electrons. The van der Waals surface area contributed by atoms with Gasteiger partial charge in [-0.2, -0.15) is 0 Å².